The van der Waals surface area contributed by atoms with Gasteiger partial charge in [-0.25, -0.2) is 0 Å². The van der Waals surface area contributed by atoms with Crippen molar-refractivity contribution < 1.29 is 0 Å². The van der Waals surface area contributed by atoms with E-state index in [1.807, 2.05) is 0 Å². The molecule has 0 aromatic heterocycles. The van der Waals surface area contributed by atoms with E-state index in [1.54, 1.807) is 0 Å². The Morgan fingerprint density at radius 3 is 2.76 bits per heavy atom. The molecule has 17 heavy (non-hydrogen) atoms. The topological polar surface area (TPSA) is 0 Å². The van der Waals surface area contributed by atoms with Gasteiger partial charge in [0.25, 0.3) is 0 Å². The predicted molar refractivity (Wildman–Crippen MR) is 73.7 cm³/mol. The summed E-state index contributed by atoms with van der Waals surface area (Å²) in [7, 11) is 0. The highest BCUT2D eigenvalue weighted by atomic mass is 14.6. The Bertz CT molecular complexity index is 316. The molecule has 0 amide bonds. The average molecular weight is 232 g/mol. The number of hydrogen-bond donors (Lipinski definition) is 0. The van der Waals surface area contributed by atoms with Gasteiger partial charge in [-0.15, -0.1) is 0 Å². The summed E-state index contributed by atoms with van der Waals surface area (Å²) in [6.07, 6.45) is 13.8. The molecule has 0 heterocycles. The molecular weight excluding hydrogens is 204 g/mol. The van der Waals surface area contributed by atoms with Gasteiger partial charge in [-0.1, -0.05) is 45.8 Å². The molecule has 0 bridgehead atoms. The Kier molecular flexibility index (Phi) is 2.88. The summed E-state index contributed by atoms with van der Waals surface area (Å²) in [6.45, 7) is 7.43. The third kappa shape index (κ3) is 1.55. The second-order valence-corrected chi connectivity index (χ2v) is 7.17. The molecule has 0 aromatic rings. The van der Waals surface area contributed by atoms with Crippen molar-refractivity contribution >= 4 is 0 Å². The monoisotopic (exact) mass is 232 g/mol. The molecule has 0 aromatic carbocycles. The summed E-state index contributed by atoms with van der Waals surface area (Å²) in [5.41, 5.74) is 0.730. The van der Waals surface area contributed by atoms with Crippen LogP contribution >= 0.6 is 0 Å². The van der Waals surface area contributed by atoms with Crippen molar-refractivity contribution in [2.45, 2.75) is 59.3 Å². The summed E-state index contributed by atoms with van der Waals surface area (Å²) < 4.78 is 0. The van der Waals surface area contributed by atoms with Crippen LogP contribution in [0.2, 0.25) is 0 Å². The van der Waals surface area contributed by atoms with E-state index in [4.69, 9.17) is 0 Å². The van der Waals surface area contributed by atoms with Gasteiger partial charge in [-0.3, -0.25) is 0 Å². The van der Waals surface area contributed by atoms with E-state index in [1.165, 1.54) is 38.5 Å². The highest BCUT2D eigenvalue weighted by molar-refractivity contribution is 5.17. The lowest BCUT2D eigenvalue weighted by Crippen LogP contribution is -2.29. The molecular formula is C17H28. The molecule has 3 rings (SSSR count). The van der Waals surface area contributed by atoms with Crippen molar-refractivity contribution in [2.75, 3.05) is 0 Å². The molecule has 1 spiro atoms. The van der Waals surface area contributed by atoms with E-state index in [0.717, 1.165) is 35.0 Å². The predicted octanol–water partition coefficient (Wildman–Crippen LogP) is 5.05. The Hall–Kier alpha value is -0.260. The molecule has 0 nitrogen and oxygen atoms in total. The molecule has 2 saturated carbocycles. The molecule has 2 fully saturated rings. The summed E-state index contributed by atoms with van der Waals surface area (Å²) in [5, 5.41) is 0. The molecule has 0 N–H and O–H groups in total. The molecule has 6 atom stereocenters. The van der Waals surface area contributed by atoms with Gasteiger partial charge in [0.1, 0.15) is 0 Å². The first-order chi connectivity index (χ1) is 8.19. The van der Waals surface area contributed by atoms with Crippen molar-refractivity contribution in [3.05, 3.63) is 12.2 Å². The van der Waals surface area contributed by atoms with Crippen LogP contribution in [-0.4, -0.2) is 0 Å². The highest BCUT2D eigenvalue weighted by Crippen LogP contribution is 2.66. The van der Waals surface area contributed by atoms with Gasteiger partial charge in [0.05, 0.1) is 0 Å². The average Bonchev–Trinajstić information content (AvgIpc) is 2.95. The Morgan fingerprint density at radius 1 is 1.29 bits per heavy atom. The maximum atomic E-state index is 2.59. The fourth-order valence-electron chi connectivity index (χ4n) is 5.72. The van der Waals surface area contributed by atoms with Crippen molar-refractivity contribution in [1.29, 1.82) is 0 Å². The Balaban J connectivity index is 1.90. The minimum absolute atomic E-state index is 0.730. The molecule has 0 heteroatoms. The number of fused-ring (bicyclic) bond motifs is 2. The van der Waals surface area contributed by atoms with Crippen LogP contribution in [0, 0.1) is 35.0 Å². The van der Waals surface area contributed by atoms with Crippen LogP contribution in [0.4, 0.5) is 0 Å². The zero-order chi connectivity index (χ0) is 12.0. The van der Waals surface area contributed by atoms with Gasteiger partial charge in [0.15, 0.2) is 0 Å². The summed E-state index contributed by atoms with van der Waals surface area (Å²) >= 11 is 0. The minimum Gasteiger partial charge on any atom is -0.0879 e. The summed E-state index contributed by atoms with van der Waals surface area (Å²) in [4.78, 5) is 0. The van der Waals surface area contributed by atoms with Crippen LogP contribution < -0.4 is 0 Å². The first-order valence-electron chi connectivity index (χ1n) is 7.85. The lowest BCUT2D eigenvalue weighted by Gasteiger charge is -2.36. The van der Waals surface area contributed by atoms with Crippen molar-refractivity contribution in [1.82, 2.24) is 0 Å². The number of rotatable bonds is 2. The van der Waals surface area contributed by atoms with Crippen molar-refractivity contribution in [2.24, 2.45) is 35.0 Å². The van der Waals surface area contributed by atoms with Gasteiger partial charge in [0, 0.05) is 0 Å². The SMILES string of the molecule is CCCC1C2C=CCC2C2(CC[C@@H](C)C2)[C@H]1C. The molecule has 3 aliphatic rings. The maximum absolute atomic E-state index is 2.59. The van der Waals surface area contributed by atoms with E-state index in [9.17, 15) is 0 Å². The summed E-state index contributed by atoms with van der Waals surface area (Å²) in [5.74, 6) is 4.91. The lowest BCUT2D eigenvalue weighted by atomic mass is 9.69. The van der Waals surface area contributed by atoms with Crippen LogP contribution in [0.5, 0.6) is 0 Å². The minimum atomic E-state index is 0.730. The van der Waals surface area contributed by atoms with Gasteiger partial charge in [0.2, 0.25) is 0 Å². The molecule has 4 unspecified atom stereocenters. The Morgan fingerprint density at radius 2 is 2.12 bits per heavy atom. The zero-order valence-corrected chi connectivity index (χ0v) is 11.8. The first-order valence-corrected chi connectivity index (χ1v) is 7.85. The smallest absolute Gasteiger partial charge is 0.0166 e. The van der Waals surface area contributed by atoms with Crippen molar-refractivity contribution in [3.8, 4) is 0 Å². The van der Waals surface area contributed by atoms with Gasteiger partial charge in [-0.05, 0) is 60.7 Å². The quantitative estimate of drug-likeness (QED) is 0.584. The fraction of sp³-hybridized carbons (Fsp3) is 0.882. The third-order valence-corrected chi connectivity index (χ3v) is 6.45. The van der Waals surface area contributed by atoms with Crippen molar-refractivity contribution in [3.63, 3.8) is 0 Å². The van der Waals surface area contributed by atoms with E-state index >= 15 is 0 Å². The number of hydrogen-bond acceptors (Lipinski definition) is 0. The largest absolute Gasteiger partial charge is 0.0879 e. The molecule has 0 aliphatic heterocycles. The zero-order valence-electron chi connectivity index (χ0n) is 11.8. The van der Waals surface area contributed by atoms with E-state index in [0.29, 0.717) is 0 Å². The van der Waals surface area contributed by atoms with E-state index in [-0.39, 0.29) is 0 Å². The third-order valence-electron chi connectivity index (χ3n) is 6.45. The van der Waals surface area contributed by atoms with Crippen LogP contribution in [0.3, 0.4) is 0 Å². The van der Waals surface area contributed by atoms with E-state index in [2.05, 4.69) is 32.9 Å². The second-order valence-electron chi connectivity index (χ2n) is 7.17. The fourth-order valence-corrected chi connectivity index (χ4v) is 5.72. The molecule has 3 aliphatic carbocycles. The van der Waals surface area contributed by atoms with Gasteiger partial charge < -0.3 is 0 Å². The van der Waals surface area contributed by atoms with Gasteiger partial charge in [-0.2, -0.15) is 0 Å². The van der Waals surface area contributed by atoms with Crippen LogP contribution in [0.1, 0.15) is 59.3 Å². The lowest BCUT2D eigenvalue weighted by molar-refractivity contribution is 0.131. The Labute approximate surface area is 107 Å². The standard InChI is InChI=1S/C17H28/c1-4-6-14-13(3)17(10-9-12(2)11-17)16-8-5-7-15(14)16/h5,7,12-16H,4,6,8-11H2,1-3H3/t12-,13+,14?,15?,16?,17?/m1/s1. The van der Waals surface area contributed by atoms with Crippen LogP contribution in [0.25, 0.3) is 0 Å². The second kappa shape index (κ2) is 4.14. The highest BCUT2D eigenvalue weighted by Gasteiger charge is 2.58. The van der Waals surface area contributed by atoms with E-state index < -0.39 is 0 Å². The normalized spacial score (nSPS) is 52.5. The molecule has 96 valence electrons. The van der Waals surface area contributed by atoms with Gasteiger partial charge >= 0.3 is 0 Å². The number of allylic oxidation sites excluding steroid dienone is 2. The van der Waals surface area contributed by atoms with Crippen LogP contribution in [-0.2, 0) is 0 Å². The van der Waals surface area contributed by atoms with Crippen LogP contribution in [0.15, 0.2) is 12.2 Å². The first kappa shape index (κ1) is 11.8. The maximum Gasteiger partial charge on any atom is -0.0166 e. The molecule has 0 radical (unpaired) electrons. The summed E-state index contributed by atoms with van der Waals surface area (Å²) in [6, 6.07) is 0. The molecule has 0 saturated heterocycles.